The number of fused-ring (bicyclic) bond motifs is 1. The van der Waals surface area contributed by atoms with Gasteiger partial charge in [-0.1, -0.05) is 32.1 Å². The minimum absolute atomic E-state index is 0.118. The molecule has 0 spiro atoms. The van der Waals surface area contributed by atoms with Gasteiger partial charge in [-0.3, -0.25) is 4.79 Å². The zero-order chi connectivity index (χ0) is 20.5. The van der Waals surface area contributed by atoms with E-state index in [1.165, 1.54) is 19.3 Å². The number of rotatable bonds is 4. The van der Waals surface area contributed by atoms with Crippen molar-refractivity contribution in [2.45, 2.75) is 84.5 Å². The van der Waals surface area contributed by atoms with Gasteiger partial charge in [0.25, 0.3) is 5.91 Å². The van der Waals surface area contributed by atoms with Crippen LogP contribution in [0.2, 0.25) is 0 Å². The quantitative estimate of drug-likeness (QED) is 0.763. The van der Waals surface area contributed by atoms with Crippen LogP contribution in [0, 0.1) is 5.92 Å². The summed E-state index contributed by atoms with van der Waals surface area (Å²) in [4.78, 5) is 25.2. The molecule has 3 N–H and O–H groups in total. The monoisotopic (exact) mass is 388 g/mol. The van der Waals surface area contributed by atoms with Crippen molar-refractivity contribution in [2.75, 3.05) is 5.32 Å². The molecule has 1 aromatic carbocycles. The summed E-state index contributed by atoms with van der Waals surface area (Å²) in [5, 5.41) is 2.87. The van der Waals surface area contributed by atoms with Crippen LogP contribution in [0.25, 0.3) is 0 Å². The smallest absolute Gasteiger partial charge is 0.339 e. The highest BCUT2D eigenvalue weighted by molar-refractivity contribution is 6.02. The van der Waals surface area contributed by atoms with Crippen LogP contribution in [0.15, 0.2) is 6.07 Å². The molecule has 1 saturated carbocycles. The number of hydrogen-bond donors (Lipinski definition) is 2. The summed E-state index contributed by atoms with van der Waals surface area (Å²) in [5.74, 6) is 0.492. The van der Waals surface area contributed by atoms with Crippen LogP contribution >= 0.6 is 0 Å². The summed E-state index contributed by atoms with van der Waals surface area (Å²) in [6.45, 7) is 7.37. The first-order valence-corrected chi connectivity index (χ1v) is 10.3. The predicted molar refractivity (Wildman–Crippen MR) is 109 cm³/mol. The largest absolute Gasteiger partial charge is 0.479 e. The van der Waals surface area contributed by atoms with Gasteiger partial charge in [-0.25, -0.2) is 4.79 Å². The first kappa shape index (κ1) is 20.6. The van der Waals surface area contributed by atoms with Crippen molar-refractivity contribution in [3.63, 3.8) is 0 Å². The zero-order valence-electron chi connectivity index (χ0n) is 17.4. The lowest BCUT2D eigenvalue weighted by atomic mass is 9.82. The lowest BCUT2D eigenvalue weighted by molar-refractivity contribution is -0.122. The van der Waals surface area contributed by atoms with Crippen LogP contribution in [0.3, 0.4) is 0 Å². The maximum atomic E-state index is 13.1. The Balaban J connectivity index is 2.08. The SMILES string of the molecule is CC1Oc2cc(CC3CCCCC3)c(C(=O)OC(C)(C)C)c(CN)c2NC1=O. The van der Waals surface area contributed by atoms with Crippen molar-refractivity contribution >= 4 is 17.6 Å². The average Bonchev–Trinajstić information content (AvgIpc) is 2.61. The maximum absolute atomic E-state index is 13.1. The lowest BCUT2D eigenvalue weighted by Crippen LogP contribution is -2.36. The van der Waals surface area contributed by atoms with Crippen molar-refractivity contribution in [1.82, 2.24) is 0 Å². The third-order valence-corrected chi connectivity index (χ3v) is 5.44. The summed E-state index contributed by atoms with van der Waals surface area (Å²) in [7, 11) is 0. The molecule has 6 nitrogen and oxygen atoms in total. The minimum atomic E-state index is -0.616. The van der Waals surface area contributed by atoms with Crippen LogP contribution in [-0.4, -0.2) is 23.6 Å². The Labute approximate surface area is 167 Å². The topological polar surface area (TPSA) is 90.7 Å². The van der Waals surface area contributed by atoms with E-state index in [-0.39, 0.29) is 12.5 Å². The van der Waals surface area contributed by atoms with Crippen LogP contribution in [0.1, 0.15) is 81.3 Å². The third-order valence-electron chi connectivity index (χ3n) is 5.44. The fourth-order valence-corrected chi connectivity index (χ4v) is 4.12. The predicted octanol–water partition coefficient (Wildman–Crippen LogP) is 3.94. The van der Waals surface area contributed by atoms with Gasteiger partial charge < -0.3 is 20.5 Å². The number of amides is 1. The molecular formula is C22H32N2O4. The van der Waals surface area contributed by atoms with Crippen LogP contribution < -0.4 is 15.8 Å². The third kappa shape index (κ3) is 4.49. The van der Waals surface area contributed by atoms with Crippen molar-refractivity contribution in [2.24, 2.45) is 11.7 Å². The summed E-state index contributed by atoms with van der Waals surface area (Å²) >= 11 is 0. The number of carbonyl (C=O) groups is 2. The highest BCUT2D eigenvalue weighted by Crippen LogP contribution is 2.40. The molecule has 1 amide bonds. The normalized spacial score (nSPS) is 20.2. The van der Waals surface area contributed by atoms with Gasteiger partial charge in [0.2, 0.25) is 0 Å². The van der Waals surface area contributed by atoms with E-state index in [1.807, 2.05) is 26.8 Å². The molecule has 2 aliphatic rings. The van der Waals surface area contributed by atoms with E-state index in [1.54, 1.807) is 6.92 Å². The molecule has 1 aliphatic heterocycles. The standard InChI is InChI=1S/C22H32N2O4/c1-13-20(25)24-19-16(12-23)18(21(26)28-22(2,3)4)15(11-17(19)27-13)10-14-8-6-5-7-9-14/h11,13-14H,5-10,12,23H2,1-4H3,(H,24,25). The second kappa shape index (κ2) is 8.11. The molecule has 28 heavy (non-hydrogen) atoms. The Hall–Kier alpha value is -2.08. The number of ether oxygens (including phenoxy) is 2. The van der Waals surface area contributed by atoms with Gasteiger partial charge in [0, 0.05) is 12.1 Å². The number of esters is 1. The average molecular weight is 389 g/mol. The van der Waals surface area contributed by atoms with E-state index in [4.69, 9.17) is 15.2 Å². The Kier molecular flexibility index (Phi) is 5.98. The summed E-state index contributed by atoms with van der Waals surface area (Å²) in [5.41, 5.74) is 7.91. The van der Waals surface area contributed by atoms with E-state index < -0.39 is 17.7 Å². The molecule has 0 radical (unpaired) electrons. The van der Waals surface area contributed by atoms with Crippen molar-refractivity contribution in [3.8, 4) is 5.75 Å². The zero-order valence-corrected chi connectivity index (χ0v) is 17.4. The fraction of sp³-hybridized carbons (Fsp3) is 0.636. The van der Waals surface area contributed by atoms with Gasteiger partial charge in [-0.15, -0.1) is 0 Å². The highest BCUT2D eigenvalue weighted by atomic mass is 16.6. The Morgan fingerprint density at radius 1 is 1.29 bits per heavy atom. The van der Waals surface area contributed by atoms with E-state index in [9.17, 15) is 9.59 Å². The Morgan fingerprint density at radius 2 is 1.96 bits per heavy atom. The van der Waals surface area contributed by atoms with E-state index in [2.05, 4.69) is 5.32 Å². The minimum Gasteiger partial charge on any atom is -0.479 e. The first-order valence-electron chi connectivity index (χ1n) is 10.3. The number of anilines is 1. The number of benzene rings is 1. The van der Waals surface area contributed by atoms with Crippen molar-refractivity contribution in [3.05, 3.63) is 22.8 Å². The number of nitrogens with two attached hydrogens (primary N) is 1. The van der Waals surface area contributed by atoms with Crippen molar-refractivity contribution in [1.29, 1.82) is 0 Å². The molecule has 3 rings (SSSR count). The summed E-state index contributed by atoms with van der Waals surface area (Å²) in [6, 6.07) is 1.90. The van der Waals surface area contributed by atoms with Gasteiger partial charge in [-0.2, -0.15) is 0 Å². The number of carbonyl (C=O) groups excluding carboxylic acids is 2. The molecule has 0 saturated heterocycles. The number of hydrogen-bond acceptors (Lipinski definition) is 5. The summed E-state index contributed by atoms with van der Waals surface area (Å²) in [6.07, 6.45) is 6.28. The van der Waals surface area contributed by atoms with Crippen LogP contribution in [0.4, 0.5) is 5.69 Å². The molecule has 1 unspecified atom stereocenters. The van der Waals surface area contributed by atoms with Gasteiger partial charge in [0.15, 0.2) is 6.10 Å². The van der Waals surface area contributed by atoms with Crippen molar-refractivity contribution < 1.29 is 19.1 Å². The second-order valence-electron chi connectivity index (χ2n) is 8.93. The molecule has 6 heteroatoms. The van der Waals surface area contributed by atoms with Gasteiger partial charge >= 0.3 is 5.97 Å². The maximum Gasteiger partial charge on any atom is 0.339 e. The van der Waals surface area contributed by atoms with Crippen LogP contribution in [0.5, 0.6) is 5.75 Å². The van der Waals surface area contributed by atoms with Crippen LogP contribution in [-0.2, 0) is 22.5 Å². The molecular weight excluding hydrogens is 356 g/mol. The summed E-state index contributed by atoms with van der Waals surface area (Å²) < 4.78 is 11.5. The highest BCUT2D eigenvalue weighted by Gasteiger charge is 2.32. The molecule has 154 valence electrons. The molecule has 1 aromatic rings. The van der Waals surface area contributed by atoms with E-state index in [0.717, 1.165) is 24.8 Å². The molecule has 1 atom stereocenters. The Bertz CT molecular complexity index is 761. The molecule has 0 aromatic heterocycles. The molecule has 1 aliphatic carbocycles. The molecule has 1 heterocycles. The molecule has 1 fully saturated rings. The number of nitrogens with one attached hydrogen (secondary N) is 1. The lowest BCUT2D eigenvalue weighted by Gasteiger charge is -2.30. The van der Waals surface area contributed by atoms with Gasteiger partial charge in [0.05, 0.1) is 11.3 Å². The van der Waals surface area contributed by atoms with E-state index >= 15 is 0 Å². The van der Waals surface area contributed by atoms with E-state index in [0.29, 0.717) is 28.5 Å². The van der Waals surface area contributed by atoms with Gasteiger partial charge in [0.1, 0.15) is 11.4 Å². The second-order valence-corrected chi connectivity index (χ2v) is 8.93. The van der Waals surface area contributed by atoms with Gasteiger partial charge in [-0.05, 0) is 51.7 Å². The Morgan fingerprint density at radius 3 is 2.57 bits per heavy atom. The first-order chi connectivity index (χ1) is 13.2. The fourth-order valence-electron chi connectivity index (χ4n) is 4.12. The molecule has 0 bridgehead atoms.